The standard InChI is InChI=1S/C20H26N2O4S2/c1-3-12-26-17-5-4-11-22(14-17)20(23)19-18(10-13-27-19)28(24,25)21-16-8-6-15(2)7-9-16/h6-10,13,17,21H,3-5,11-12,14H2,1-2H3. The zero-order chi connectivity index (χ0) is 20.1. The normalized spacial score (nSPS) is 17.5. The molecule has 1 N–H and O–H groups in total. The number of aryl methyl sites for hydroxylation is 1. The molecule has 1 aromatic carbocycles. The molecule has 28 heavy (non-hydrogen) atoms. The summed E-state index contributed by atoms with van der Waals surface area (Å²) in [6.45, 7) is 5.78. The fourth-order valence-electron chi connectivity index (χ4n) is 3.18. The summed E-state index contributed by atoms with van der Waals surface area (Å²) in [5, 5.41) is 1.64. The zero-order valence-electron chi connectivity index (χ0n) is 16.2. The monoisotopic (exact) mass is 422 g/mol. The van der Waals surface area contributed by atoms with E-state index in [4.69, 9.17) is 4.74 Å². The Kier molecular flexibility index (Phi) is 6.74. The maximum absolute atomic E-state index is 13.0. The average Bonchev–Trinajstić information content (AvgIpc) is 3.18. The number of likely N-dealkylation sites (tertiary alicyclic amines) is 1. The van der Waals surface area contributed by atoms with Gasteiger partial charge in [0.05, 0.1) is 6.10 Å². The van der Waals surface area contributed by atoms with Crippen LogP contribution in [0.15, 0.2) is 40.6 Å². The first-order valence-corrected chi connectivity index (χ1v) is 11.8. The third-order valence-electron chi connectivity index (χ3n) is 4.64. The van der Waals surface area contributed by atoms with Crippen molar-refractivity contribution >= 4 is 33.0 Å². The summed E-state index contributed by atoms with van der Waals surface area (Å²) in [5.41, 5.74) is 1.51. The number of anilines is 1. The molecule has 2 heterocycles. The Bertz CT molecular complexity index is 907. The van der Waals surface area contributed by atoms with Crippen LogP contribution in [0.5, 0.6) is 0 Å². The number of piperidine rings is 1. The van der Waals surface area contributed by atoms with Crippen LogP contribution in [0.3, 0.4) is 0 Å². The molecule has 1 aromatic heterocycles. The van der Waals surface area contributed by atoms with E-state index < -0.39 is 10.0 Å². The molecule has 0 bridgehead atoms. The van der Waals surface area contributed by atoms with Crippen molar-refractivity contribution in [3.63, 3.8) is 0 Å². The number of nitrogens with one attached hydrogen (secondary N) is 1. The van der Waals surface area contributed by atoms with Crippen molar-refractivity contribution in [2.45, 2.75) is 44.1 Å². The molecule has 1 unspecified atom stereocenters. The van der Waals surface area contributed by atoms with E-state index in [9.17, 15) is 13.2 Å². The van der Waals surface area contributed by atoms with Gasteiger partial charge in [-0.3, -0.25) is 9.52 Å². The second-order valence-electron chi connectivity index (χ2n) is 6.97. The summed E-state index contributed by atoms with van der Waals surface area (Å²) in [4.78, 5) is 15.0. The highest BCUT2D eigenvalue weighted by atomic mass is 32.2. The van der Waals surface area contributed by atoms with Gasteiger partial charge in [0, 0.05) is 25.4 Å². The van der Waals surface area contributed by atoms with E-state index in [1.807, 2.05) is 19.1 Å². The van der Waals surface area contributed by atoms with Crippen molar-refractivity contribution in [2.75, 3.05) is 24.4 Å². The van der Waals surface area contributed by atoms with Gasteiger partial charge in [0.2, 0.25) is 0 Å². The highest BCUT2D eigenvalue weighted by molar-refractivity contribution is 7.93. The Morgan fingerprint density at radius 2 is 2.04 bits per heavy atom. The lowest BCUT2D eigenvalue weighted by Crippen LogP contribution is -2.43. The molecule has 0 spiro atoms. The molecule has 3 rings (SSSR count). The number of sulfonamides is 1. The van der Waals surface area contributed by atoms with E-state index in [-0.39, 0.29) is 21.8 Å². The maximum Gasteiger partial charge on any atom is 0.265 e. The Morgan fingerprint density at radius 3 is 2.75 bits per heavy atom. The Hall–Kier alpha value is -1.90. The van der Waals surface area contributed by atoms with Crippen molar-refractivity contribution in [3.8, 4) is 0 Å². The number of carbonyl (C=O) groups excluding carboxylic acids is 1. The van der Waals surface area contributed by atoms with E-state index in [0.29, 0.717) is 25.4 Å². The molecule has 0 radical (unpaired) electrons. The smallest absolute Gasteiger partial charge is 0.265 e. The van der Waals surface area contributed by atoms with Gasteiger partial charge in [0.15, 0.2) is 0 Å². The van der Waals surface area contributed by atoms with Crippen LogP contribution >= 0.6 is 11.3 Å². The molecule has 1 aliphatic heterocycles. The molecule has 2 aromatic rings. The largest absolute Gasteiger partial charge is 0.376 e. The van der Waals surface area contributed by atoms with Crippen molar-refractivity contribution in [1.82, 2.24) is 4.90 Å². The molecule has 152 valence electrons. The fraction of sp³-hybridized carbons (Fsp3) is 0.450. The van der Waals surface area contributed by atoms with Gasteiger partial charge >= 0.3 is 0 Å². The lowest BCUT2D eigenvalue weighted by atomic mass is 10.1. The number of rotatable bonds is 7. The van der Waals surface area contributed by atoms with Crippen LogP contribution in [0.2, 0.25) is 0 Å². The number of hydrogen-bond donors (Lipinski definition) is 1. The molecule has 1 fully saturated rings. The predicted molar refractivity (Wildman–Crippen MR) is 111 cm³/mol. The van der Waals surface area contributed by atoms with Crippen LogP contribution in [0, 0.1) is 6.92 Å². The van der Waals surface area contributed by atoms with Gasteiger partial charge in [0.1, 0.15) is 9.77 Å². The van der Waals surface area contributed by atoms with Gasteiger partial charge in [-0.25, -0.2) is 8.42 Å². The quantitative estimate of drug-likeness (QED) is 0.734. The van der Waals surface area contributed by atoms with Crippen LogP contribution in [0.1, 0.15) is 41.4 Å². The second-order valence-corrected chi connectivity index (χ2v) is 9.54. The van der Waals surface area contributed by atoms with Gasteiger partial charge in [-0.05, 0) is 49.8 Å². The van der Waals surface area contributed by atoms with Crippen LogP contribution in [0.4, 0.5) is 5.69 Å². The molecule has 1 aliphatic rings. The molecule has 1 atom stereocenters. The van der Waals surface area contributed by atoms with Crippen molar-refractivity contribution in [3.05, 3.63) is 46.2 Å². The van der Waals surface area contributed by atoms with Gasteiger partial charge in [-0.15, -0.1) is 11.3 Å². The molecule has 0 saturated carbocycles. The fourth-order valence-corrected chi connectivity index (χ4v) is 5.63. The summed E-state index contributed by atoms with van der Waals surface area (Å²) in [6, 6.07) is 8.58. The Labute approximate surface area is 170 Å². The van der Waals surface area contributed by atoms with E-state index in [1.54, 1.807) is 22.4 Å². The number of nitrogens with zero attached hydrogens (tertiary/aromatic N) is 1. The number of thiophene rings is 1. The van der Waals surface area contributed by atoms with Crippen LogP contribution in [-0.2, 0) is 14.8 Å². The van der Waals surface area contributed by atoms with Crippen molar-refractivity contribution in [2.24, 2.45) is 0 Å². The van der Waals surface area contributed by atoms with Gasteiger partial charge in [-0.2, -0.15) is 0 Å². The number of carbonyl (C=O) groups is 1. The first-order valence-electron chi connectivity index (χ1n) is 9.48. The summed E-state index contributed by atoms with van der Waals surface area (Å²) in [7, 11) is -3.84. The topological polar surface area (TPSA) is 75.7 Å². The van der Waals surface area contributed by atoms with E-state index in [1.165, 1.54) is 6.07 Å². The summed E-state index contributed by atoms with van der Waals surface area (Å²) in [6.07, 6.45) is 2.73. The third-order valence-corrected chi connectivity index (χ3v) is 7.09. The van der Waals surface area contributed by atoms with E-state index in [0.717, 1.165) is 36.2 Å². The van der Waals surface area contributed by atoms with E-state index in [2.05, 4.69) is 11.6 Å². The lowest BCUT2D eigenvalue weighted by molar-refractivity contribution is 0.00216. The molecular formula is C20H26N2O4S2. The second kappa shape index (κ2) is 9.07. The summed E-state index contributed by atoms with van der Waals surface area (Å²) < 4.78 is 34.1. The molecule has 6 nitrogen and oxygen atoms in total. The van der Waals surface area contributed by atoms with E-state index >= 15 is 0 Å². The minimum atomic E-state index is -3.84. The first-order chi connectivity index (χ1) is 13.4. The maximum atomic E-state index is 13.0. The molecule has 0 aliphatic carbocycles. The average molecular weight is 423 g/mol. The van der Waals surface area contributed by atoms with Gasteiger partial charge in [0.25, 0.3) is 15.9 Å². The number of amides is 1. The highest BCUT2D eigenvalue weighted by Gasteiger charge is 2.30. The number of benzene rings is 1. The lowest BCUT2D eigenvalue weighted by Gasteiger charge is -2.32. The first kappa shape index (κ1) is 20.8. The number of ether oxygens (including phenoxy) is 1. The van der Waals surface area contributed by atoms with Crippen molar-refractivity contribution < 1.29 is 17.9 Å². The summed E-state index contributed by atoms with van der Waals surface area (Å²) in [5.74, 6) is -0.246. The highest BCUT2D eigenvalue weighted by Crippen LogP contribution is 2.27. The van der Waals surface area contributed by atoms with Gasteiger partial charge in [-0.1, -0.05) is 24.6 Å². The number of hydrogen-bond acceptors (Lipinski definition) is 5. The Balaban J connectivity index is 1.76. The minimum Gasteiger partial charge on any atom is -0.376 e. The predicted octanol–water partition coefficient (Wildman–Crippen LogP) is 3.89. The molecule has 1 amide bonds. The van der Waals surface area contributed by atoms with Gasteiger partial charge < -0.3 is 9.64 Å². The van der Waals surface area contributed by atoms with Crippen LogP contribution in [-0.4, -0.2) is 45.0 Å². The summed E-state index contributed by atoms with van der Waals surface area (Å²) >= 11 is 1.16. The van der Waals surface area contributed by atoms with Crippen LogP contribution < -0.4 is 4.72 Å². The Morgan fingerprint density at radius 1 is 1.29 bits per heavy atom. The SMILES string of the molecule is CCCOC1CCCN(C(=O)c2sccc2S(=O)(=O)Nc2ccc(C)cc2)C1. The minimum absolute atomic E-state index is 0.0170. The molecular weight excluding hydrogens is 396 g/mol. The third kappa shape index (κ3) is 4.92. The molecule has 1 saturated heterocycles. The zero-order valence-corrected chi connectivity index (χ0v) is 17.8. The molecule has 8 heteroatoms. The van der Waals surface area contributed by atoms with Crippen LogP contribution in [0.25, 0.3) is 0 Å². The van der Waals surface area contributed by atoms with Crippen molar-refractivity contribution in [1.29, 1.82) is 0 Å².